The predicted molar refractivity (Wildman–Crippen MR) is 218 cm³/mol. The monoisotopic (exact) mass is 670 g/mol. The van der Waals surface area contributed by atoms with Crippen molar-refractivity contribution in [2.75, 3.05) is 0 Å². The molecular weight excluding hydrogens is 633 g/mol. The predicted octanol–water partition coefficient (Wildman–Crippen LogP) is 14.5. The molecule has 0 aliphatic rings. The van der Waals surface area contributed by atoms with Crippen LogP contribution in [0.25, 0.3) is 110 Å². The van der Waals surface area contributed by atoms with Gasteiger partial charge in [0.2, 0.25) is 0 Å². The van der Waals surface area contributed by atoms with E-state index >= 15 is 0 Å². The van der Waals surface area contributed by atoms with Gasteiger partial charge in [-0.15, -0.1) is 0 Å². The maximum absolute atomic E-state index is 9.33. The van der Waals surface area contributed by atoms with Crippen LogP contribution in [0.3, 0.4) is 0 Å². The average molecular weight is 671 g/mol. The van der Waals surface area contributed by atoms with Crippen LogP contribution in [0.2, 0.25) is 0 Å². The first-order chi connectivity index (χ1) is 29.1. The molecule has 2 heteroatoms. The van der Waals surface area contributed by atoms with E-state index < -0.39 is 24.2 Å². The lowest BCUT2D eigenvalue weighted by atomic mass is 9.85. The highest BCUT2D eigenvalue weighted by Gasteiger charge is 2.19. The summed E-state index contributed by atoms with van der Waals surface area (Å²) in [5, 5.41) is 4.67. The largest absolute Gasteiger partial charge is 0.456 e. The molecule has 0 N–H and O–H groups in total. The number of hydrogen-bond acceptors (Lipinski definition) is 2. The first kappa shape index (κ1) is 22.0. The van der Waals surface area contributed by atoms with Crippen LogP contribution in [-0.2, 0) is 0 Å². The van der Waals surface area contributed by atoms with Crippen molar-refractivity contribution in [1.82, 2.24) is 0 Å². The van der Waals surface area contributed by atoms with Gasteiger partial charge in [-0.25, -0.2) is 0 Å². The molecule has 0 radical (unpaired) electrons. The Hall–Kier alpha value is -6.90. The van der Waals surface area contributed by atoms with Gasteiger partial charge in [0.05, 0.1) is 11.0 Å². The minimum Gasteiger partial charge on any atom is -0.456 e. The molecule has 0 amide bonds. The first-order valence-electron chi connectivity index (χ1n) is 21.1. The molecule has 9 aromatic carbocycles. The fourth-order valence-corrected chi connectivity index (χ4v) is 7.78. The molecule has 52 heavy (non-hydrogen) atoms. The number of furan rings is 2. The molecule has 242 valence electrons. The van der Waals surface area contributed by atoms with Crippen molar-refractivity contribution < 1.29 is 19.8 Å². The molecule has 11 rings (SSSR count). The highest BCUT2D eigenvalue weighted by molar-refractivity contribution is 6.26. The van der Waals surface area contributed by atoms with E-state index in [9.17, 15) is 5.48 Å². The van der Waals surface area contributed by atoms with Crippen molar-refractivity contribution in [3.8, 4) is 44.5 Å². The third-order valence-corrected chi connectivity index (χ3v) is 10.1. The molecule has 0 atom stereocenters. The van der Waals surface area contributed by atoms with Crippen LogP contribution >= 0.6 is 0 Å². The quantitative estimate of drug-likeness (QED) is 0.174. The number of fused-ring (bicyclic) bond motifs is 9. The maximum Gasteiger partial charge on any atom is 0.136 e. The Morgan fingerprint density at radius 2 is 0.788 bits per heavy atom. The van der Waals surface area contributed by atoms with Crippen LogP contribution in [0.4, 0.5) is 0 Å². The van der Waals surface area contributed by atoms with Crippen LogP contribution in [0.15, 0.2) is 191 Å². The van der Waals surface area contributed by atoms with Crippen molar-refractivity contribution in [3.63, 3.8) is 0 Å². The van der Waals surface area contributed by atoms with Crippen molar-refractivity contribution in [2.45, 2.75) is 0 Å². The van der Waals surface area contributed by atoms with E-state index in [1.807, 2.05) is 127 Å². The molecule has 0 aliphatic carbocycles. The fourth-order valence-electron chi connectivity index (χ4n) is 7.78. The Morgan fingerprint density at radius 1 is 0.308 bits per heavy atom. The number of hydrogen-bond donors (Lipinski definition) is 0. The van der Waals surface area contributed by atoms with Crippen molar-refractivity contribution >= 4 is 65.4 Å². The van der Waals surface area contributed by atoms with Gasteiger partial charge in [0.25, 0.3) is 0 Å². The van der Waals surface area contributed by atoms with Crippen LogP contribution < -0.4 is 0 Å². The Balaban J connectivity index is 1.15. The summed E-state index contributed by atoms with van der Waals surface area (Å²) in [6.45, 7) is 0. The lowest BCUT2D eigenvalue weighted by molar-refractivity contribution is 0.663. The second-order valence-corrected chi connectivity index (χ2v) is 13.0. The number of benzene rings is 9. The van der Waals surface area contributed by atoms with E-state index in [4.69, 9.17) is 14.3 Å². The van der Waals surface area contributed by atoms with Crippen LogP contribution in [0, 0.1) is 0 Å². The van der Waals surface area contributed by atoms with E-state index in [1.54, 1.807) is 0 Å². The van der Waals surface area contributed by atoms with Crippen molar-refractivity contribution in [3.05, 3.63) is 182 Å². The van der Waals surface area contributed by atoms with Gasteiger partial charge in [-0.3, -0.25) is 0 Å². The number of para-hydroxylation sites is 1. The van der Waals surface area contributed by atoms with E-state index in [2.05, 4.69) is 6.07 Å². The molecule has 2 nitrogen and oxygen atoms in total. The Labute approximate surface area is 311 Å². The highest BCUT2D eigenvalue weighted by atomic mass is 16.3. The summed E-state index contributed by atoms with van der Waals surface area (Å²) in [5.41, 5.74) is 8.28. The van der Waals surface area contributed by atoms with E-state index in [0.717, 1.165) is 60.5 Å². The second kappa shape index (κ2) is 11.3. The molecule has 0 fully saturated rings. The third kappa shape index (κ3) is 4.38. The topological polar surface area (TPSA) is 26.3 Å². The molecule has 0 spiro atoms. The molecule has 0 unspecified atom stereocenters. The zero-order valence-electron chi connectivity index (χ0n) is 35.5. The van der Waals surface area contributed by atoms with Gasteiger partial charge >= 0.3 is 0 Å². The summed E-state index contributed by atoms with van der Waals surface area (Å²) >= 11 is 0. The van der Waals surface area contributed by atoms with Crippen molar-refractivity contribution in [2.24, 2.45) is 0 Å². The molecule has 0 saturated carbocycles. The Bertz CT molecular complexity index is 3550. The fraction of sp³-hybridized carbons (Fsp3) is 0. The lowest BCUT2D eigenvalue weighted by Gasteiger charge is -2.18. The summed E-state index contributed by atoms with van der Waals surface area (Å²) in [7, 11) is 0. The molecule has 2 heterocycles. The molecule has 0 aliphatic heterocycles. The summed E-state index contributed by atoms with van der Waals surface area (Å²) in [4.78, 5) is 0. The molecular formula is C50H30O2. The zero-order valence-corrected chi connectivity index (χ0v) is 27.5. The summed E-state index contributed by atoms with van der Waals surface area (Å²) < 4.78 is 85.0. The van der Waals surface area contributed by atoms with Gasteiger partial charge < -0.3 is 8.83 Å². The van der Waals surface area contributed by atoms with Crippen LogP contribution in [-0.4, -0.2) is 0 Å². The summed E-state index contributed by atoms with van der Waals surface area (Å²) in [6.07, 6.45) is 0. The van der Waals surface area contributed by atoms with E-state index in [1.165, 1.54) is 0 Å². The normalized spacial score (nSPS) is 14.0. The molecule has 11 aromatic rings. The van der Waals surface area contributed by atoms with Gasteiger partial charge in [-0.1, -0.05) is 145 Å². The van der Waals surface area contributed by atoms with E-state index in [0.29, 0.717) is 27.8 Å². The molecule has 0 bridgehead atoms. The van der Waals surface area contributed by atoms with Crippen LogP contribution in [0.5, 0.6) is 0 Å². The standard InChI is InChI=1S/C50H30O2/c1-2-11-31(12-3-1)34-13-10-14-36(29-34)48-39-17-6-4-15-37(39)47(38-16-5-7-18-40(38)48)33-23-21-32(22-24-33)35-25-26-42-46(30-35)52-45-28-27-44-49(50(42)45)41-19-8-9-20-43(41)51-44/h1-30H/i4D,5D,6D,7D,15D,16D,17D,18D. The van der Waals surface area contributed by atoms with Crippen LogP contribution in [0.1, 0.15) is 11.0 Å². The SMILES string of the molecule is [2H]c1c([2H])c([2H])c2c(-c3cccc(-c4ccccc4)c3)c3c([2H])c([2H])c([2H])c([2H])c3c(-c3ccc(-c4ccc5c(c4)oc4ccc6oc7ccccc7c6c45)cc3)c2c1[2H]. The lowest BCUT2D eigenvalue weighted by Crippen LogP contribution is -1.91. The van der Waals surface area contributed by atoms with Gasteiger partial charge in [-0.05, 0) is 102 Å². The Morgan fingerprint density at radius 3 is 1.48 bits per heavy atom. The molecule has 0 saturated heterocycles. The Kier molecular flexibility index (Phi) is 4.79. The van der Waals surface area contributed by atoms with Gasteiger partial charge in [0, 0.05) is 21.5 Å². The van der Waals surface area contributed by atoms with Crippen molar-refractivity contribution in [1.29, 1.82) is 0 Å². The smallest absolute Gasteiger partial charge is 0.136 e. The third-order valence-electron chi connectivity index (χ3n) is 10.1. The van der Waals surface area contributed by atoms with Gasteiger partial charge in [0.15, 0.2) is 0 Å². The average Bonchev–Trinajstić information content (AvgIpc) is 3.86. The first-order valence-corrected chi connectivity index (χ1v) is 17.1. The highest BCUT2D eigenvalue weighted by Crippen LogP contribution is 2.45. The van der Waals surface area contributed by atoms with E-state index in [-0.39, 0.29) is 45.7 Å². The van der Waals surface area contributed by atoms with Gasteiger partial charge in [-0.2, -0.15) is 0 Å². The maximum atomic E-state index is 9.33. The molecule has 2 aromatic heterocycles. The second-order valence-electron chi connectivity index (χ2n) is 13.0. The minimum absolute atomic E-state index is 0.174. The minimum atomic E-state index is -0.436. The van der Waals surface area contributed by atoms with Gasteiger partial charge in [0.1, 0.15) is 22.3 Å². The number of rotatable bonds is 4. The summed E-state index contributed by atoms with van der Waals surface area (Å²) in [5.74, 6) is 0. The zero-order chi connectivity index (χ0) is 41.1. The summed E-state index contributed by atoms with van der Waals surface area (Å²) in [6, 6.07) is 39.7.